The highest BCUT2D eigenvalue weighted by molar-refractivity contribution is 7.90. The molecule has 2 amide bonds. The molecule has 2 aromatic carbocycles. The Hall–Kier alpha value is -3.60. The minimum absolute atomic E-state index is 0.00864. The monoisotopic (exact) mass is 588 g/mol. The lowest BCUT2D eigenvalue weighted by molar-refractivity contribution is -0.129. The molecule has 2 N–H and O–H groups in total. The molecule has 11 nitrogen and oxygen atoms in total. The molecule has 0 saturated carbocycles. The number of sulfone groups is 1. The zero-order valence-electron chi connectivity index (χ0n) is 22.5. The zero-order chi connectivity index (χ0) is 29.7. The van der Waals surface area contributed by atoms with Gasteiger partial charge in [-0.05, 0) is 61.6 Å². The highest BCUT2D eigenvalue weighted by Crippen LogP contribution is 2.22. The van der Waals surface area contributed by atoms with Gasteiger partial charge in [-0.25, -0.2) is 16.8 Å². The number of Topliss-reactive ketones (excluding diaryl/α,β-unsaturated/α-hetero) is 1. The summed E-state index contributed by atoms with van der Waals surface area (Å²) in [5, 5.41) is 14.7. The molecule has 0 aliphatic carbocycles. The summed E-state index contributed by atoms with van der Waals surface area (Å²) < 4.78 is 50.8. The largest absolute Gasteiger partial charge is 0.344 e. The third-order valence-corrected chi connectivity index (χ3v) is 9.47. The van der Waals surface area contributed by atoms with Gasteiger partial charge in [0.1, 0.15) is 12.1 Å². The number of nitrogens with one attached hydrogen (secondary N) is 2. The highest BCUT2D eigenvalue weighted by atomic mass is 32.2. The Bertz CT molecular complexity index is 1530. The Morgan fingerprint density at radius 1 is 1.07 bits per heavy atom. The minimum atomic E-state index is -4.12. The van der Waals surface area contributed by atoms with Gasteiger partial charge in [0.15, 0.2) is 15.6 Å². The molecule has 1 aliphatic heterocycles. The average molecular weight is 589 g/mol. The van der Waals surface area contributed by atoms with Gasteiger partial charge in [0.25, 0.3) is 5.91 Å². The van der Waals surface area contributed by atoms with Crippen LogP contribution in [0.1, 0.15) is 49.0 Å². The predicted molar refractivity (Wildman–Crippen MR) is 146 cm³/mol. The van der Waals surface area contributed by atoms with Crippen LogP contribution in [0.2, 0.25) is 0 Å². The van der Waals surface area contributed by atoms with Gasteiger partial charge in [0.2, 0.25) is 15.9 Å². The first-order chi connectivity index (χ1) is 18.7. The lowest BCUT2D eigenvalue weighted by Gasteiger charge is -2.23. The van der Waals surface area contributed by atoms with Crippen molar-refractivity contribution in [3.63, 3.8) is 0 Å². The Kier molecular flexibility index (Phi) is 9.83. The van der Waals surface area contributed by atoms with Gasteiger partial charge in [-0.1, -0.05) is 26.0 Å². The number of amides is 2. The van der Waals surface area contributed by atoms with E-state index in [4.69, 9.17) is 0 Å². The van der Waals surface area contributed by atoms with Crippen LogP contribution in [0.4, 0.5) is 0 Å². The van der Waals surface area contributed by atoms with Crippen molar-refractivity contribution in [1.29, 1.82) is 5.26 Å². The number of carbonyl (C=O) groups is 3. The molecule has 1 unspecified atom stereocenters. The van der Waals surface area contributed by atoms with Crippen molar-refractivity contribution in [3.8, 4) is 6.07 Å². The number of hydrogen-bond donors (Lipinski definition) is 2. The van der Waals surface area contributed by atoms with Crippen molar-refractivity contribution in [3.05, 3.63) is 59.7 Å². The molecule has 40 heavy (non-hydrogen) atoms. The molecule has 1 aliphatic rings. The first kappa shape index (κ1) is 30.9. The van der Waals surface area contributed by atoms with Crippen LogP contribution in [-0.4, -0.2) is 70.2 Å². The van der Waals surface area contributed by atoms with Crippen LogP contribution in [0, 0.1) is 17.2 Å². The lowest BCUT2D eigenvalue weighted by atomic mass is 10.0. The third kappa shape index (κ3) is 7.53. The molecular formula is C27H32N4O7S2. The Morgan fingerprint density at radius 3 is 2.33 bits per heavy atom. The summed E-state index contributed by atoms with van der Waals surface area (Å²) in [7, 11) is -7.56. The van der Waals surface area contributed by atoms with E-state index in [0.717, 1.165) is 10.6 Å². The molecule has 214 valence electrons. The number of sulfonamides is 1. The van der Waals surface area contributed by atoms with E-state index in [9.17, 15) is 36.5 Å². The fourth-order valence-corrected chi connectivity index (χ4v) is 6.56. The molecule has 0 spiro atoms. The van der Waals surface area contributed by atoms with Gasteiger partial charge in [-0.15, -0.1) is 0 Å². The lowest BCUT2D eigenvalue weighted by Crippen LogP contribution is -2.52. The summed E-state index contributed by atoms with van der Waals surface area (Å²) in [6.45, 7) is 3.30. The molecule has 0 bridgehead atoms. The van der Waals surface area contributed by atoms with Crippen molar-refractivity contribution < 1.29 is 31.2 Å². The van der Waals surface area contributed by atoms with E-state index in [1.54, 1.807) is 6.07 Å². The van der Waals surface area contributed by atoms with E-state index in [-0.39, 0.29) is 46.2 Å². The second-order valence-electron chi connectivity index (χ2n) is 10.1. The fraction of sp³-hybridized carbons (Fsp3) is 0.407. The molecule has 1 saturated heterocycles. The zero-order valence-corrected chi connectivity index (χ0v) is 24.1. The second kappa shape index (κ2) is 12.7. The normalized spacial score (nSPS) is 17.5. The summed E-state index contributed by atoms with van der Waals surface area (Å²) in [4.78, 5) is 39.0. The molecule has 1 heterocycles. The number of hydrogen-bond acceptors (Lipinski definition) is 8. The first-order valence-corrected chi connectivity index (χ1v) is 16.0. The molecule has 1 fully saturated rings. The van der Waals surface area contributed by atoms with Gasteiger partial charge < -0.3 is 10.6 Å². The number of nitriles is 1. The van der Waals surface area contributed by atoms with Crippen LogP contribution in [0.25, 0.3) is 0 Å². The highest BCUT2D eigenvalue weighted by Gasteiger charge is 2.35. The molecule has 0 aromatic heterocycles. The topological polar surface area (TPSA) is 171 Å². The fourth-order valence-electron chi connectivity index (χ4n) is 4.35. The third-order valence-electron chi connectivity index (χ3n) is 6.44. The van der Waals surface area contributed by atoms with Crippen molar-refractivity contribution in [1.82, 2.24) is 14.9 Å². The van der Waals surface area contributed by atoms with Crippen LogP contribution >= 0.6 is 0 Å². The number of rotatable bonds is 9. The van der Waals surface area contributed by atoms with Crippen molar-refractivity contribution in [2.45, 2.75) is 55.0 Å². The number of ketones is 1. The van der Waals surface area contributed by atoms with E-state index in [1.807, 2.05) is 19.9 Å². The average Bonchev–Trinajstić information content (AvgIpc) is 3.09. The van der Waals surface area contributed by atoms with E-state index in [1.165, 1.54) is 42.5 Å². The molecule has 2 aromatic rings. The number of benzene rings is 2. The van der Waals surface area contributed by atoms with E-state index in [0.29, 0.717) is 6.42 Å². The summed E-state index contributed by atoms with van der Waals surface area (Å²) in [6, 6.07) is 11.0. The quantitative estimate of drug-likeness (QED) is 0.445. The summed E-state index contributed by atoms with van der Waals surface area (Å²) >= 11 is 0. The molecule has 3 rings (SSSR count). The Morgan fingerprint density at radius 2 is 1.73 bits per heavy atom. The van der Waals surface area contributed by atoms with Crippen LogP contribution in [0.15, 0.2) is 58.3 Å². The van der Waals surface area contributed by atoms with Crippen LogP contribution in [-0.2, 0) is 29.4 Å². The SMILES string of the molecule is CC(C)CC(NC(=O)c1ccc(S(C)(=O)=O)cc1)C(=O)N[C@@H]1CCCN(S(=O)(=O)c2ccccc2C#N)CC1=O. The Labute approximate surface area is 234 Å². The number of nitrogens with zero attached hydrogens (tertiary/aromatic N) is 2. The summed E-state index contributed by atoms with van der Waals surface area (Å²) in [6.07, 6.45) is 1.81. The standard InChI is InChI=1S/C27H32N4O7S2/c1-18(2)15-23(30-26(33)19-10-12-21(13-11-19)39(3,35)36)27(34)29-22-8-6-14-31(17-24(22)32)40(37,38)25-9-5-4-7-20(25)16-28/h4-5,7,9-13,18,22-23H,6,8,14-15,17H2,1-3H3,(H,29,34)(H,30,33)/t22-,23?/m1/s1. The molecule has 0 radical (unpaired) electrons. The maximum Gasteiger partial charge on any atom is 0.251 e. The van der Waals surface area contributed by atoms with Gasteiger partial charge >= 0.3 is 0 Å². The van der Waals surface area contributed by atoms with E-state index in [2.05, 4.69) is 10.6 Å². The first-order valence-electron chi connectivity index (χ1n) is 12.7. The van der Waals surface area contributed by atoms with Gasteiger partial charge in [-0.2, -0.15) is 9.57 Å². The van der Waals surface area contributed by atoms with Crippen LogP contribution < -0.4 is 10.6 Å². The number of carbonyl (C=O) groups excluding carboxylic acids is 3. The maximum absolute atomic E-state index is 13.2. The van der Waals surface area contributed by atoms with Crippen molar-refractivity contribution >= 4 is 37.5 Å². The maximum atomic E-state index is 13.2. The molecule has 2 atom stereocenters. The van der Waals surface area contributed by atoms with Crippen molar-refractivity contribution in [2.24, 2.45) is 5.92 Å². The van der Waals surface area contributed by atoms with Crippen LogP contribution in [0.5, 0.6) is 0 Å². The van der Waals surface area contributed by atoms with Gasteiger partial charge in [0, 0.05) is 18.4 Å². The van der Waals surface area contributed by atoms with E-state index < -0.39 is 56.1 Å². The van der Waals surface area contributed by atoms with Crippen LogP contribution in [0.3, 0.4) is 0 Å². The summed E-state index contributed by atoms with van der Waals surface area (Å²) in [5.41, 5.74) is 0.139. The smallest absolute Gasteiger partial charge is 0.251 e. The van der Waals surface area contributed by atoms with Crippen molar-refractivity contribution in [2.75, 3.05) is 19.3 Å². The predicted octanol–water partition coefficient (Wildman–Crippen LogP) is 1.64. The molecular weight excluding hydrogens is 556 g/mol. The molecule has 13 heteroatoms. The summed E-state index contributed by atoms with van der Waals surface area (Å²) in [5.74, 6) is -1.66. The van der Waals surface area contributed by atoms with E-state index >= 15 is 0 Å². The van der Waals surface area contributed by atoms with Gasteiger partial charge in [0.05, 0.1) is 27.9 Å². The second-order valence-corrected chi connectivity index (χ2v) is 14.0. The Balaban J connectivity index is 1.72. The van der Waals surface area contributed by atoms with Gasteiger partial charge in [-0.3, -0.25) is 14.4 Å². The minimum Gasteiger partial charge on any atom is -0.344 e.